The van der Waals surface area contributed by atoms with E-state index in [0.717, 1.165) is 18.4 Å². The van der Waals surface area contributed by atoms with E-state index in [1.807, 2.05) is 30.3 Å². The molecular weight excluding hydrogens is 354 g/mol. The quantitative estimate of drug-likeness (QED) is 0.567. The van der Waals surface area contributed by atoms with Gasteiger partial charge in [0.1, 0.15) is 0 Å². The predicted octanol–water partition coefficient (Wildman–Crippen LogP) is 2.63. The molecule has 0 aliphatic carbocycles. The number of carbonyl (C=O) groups excluding carboxylic acids is 2. The number of benzene rings is 1. The van der Waals surface area contributed by atoms with Crippen molar-refractivity contribution in [1.29, 1.82) is 0 Å². The number of carbonyl (C=O) groups is 2. The summed E-state index contributed by atoms with van der Waals surface area (Å²) in [5.41, 5.74) is 0.839. The van der Waals surface area contributed by atoms with Gasteiger partial charge in [-0.25, -0.2) is 0 Å². The van der Waals surface area contributed by atoms with Crippen molar-refractivity contribution in [2.45, 2.75) is 25.0 Å². The number of rotatable bonds is 6. The second kappa shape index (κ2) is 8.84. The number of likely N-dealkylation sites (tertiary alicyclic amines) is 1. The predicted molar refractivity (Wildman–Crippen MR) is 96.4 cm³/mol. The highest BCUT2D eigenvalue weighted by molar-refractivity contribution is 7.99. The van der Waals surface area contributed by atoms with Gasteiger partial charge in [-0.05, 0) is 31.9 Å². The zero-order chi connectivity index (χ0) is 18.4. The third-order valence-corrected chi connectivity index (χ3v) is 4.94. The molecule has 0 bridgehead atoms. The molecule has 0 spiro atoms. The molecule has 0 saturated carbocycles. The van der Waals surface area contributed by atoms with Gasteiger partial charge in [-0.2, -0.15) is 0 Å². The van der Waals surface area contributed by atoms with E-state index in [4.69, 9.17) is 9.15 Å². The molecule has 0 radical (unpaired) electrons. The Kier molecular flexibility index (Phi) is 6.27. The van der Waals surface area contributed by atoms with E-state index < -0.39 is 0 Å². The number of hydrogen-bond donors (Lipinski definition) is 0. The highest BCUT2D eigenvalue weighted by Crippen LogP contribution is 2.24. The van der Waals surface area contributed by atoms with Gasteiger partial charge >= 0.3 is 5.97 Å². The Labute approximate surface area is 156 Å². The molecule has 1 aliphatic rings. The molecule has 7 nitrogen and oxygen atoms in total. The van der Waals surface area contributed by atoms with Crippen molar-refractivity contribution in [3.8, 4) is 11.5 Å². The van der Waals surface area contributed by atoms with Crippen LogP contribution in [0.1, 0.15) is 19.8 Å². The molecule has 1 fully saturated rings. The number of hydrogen-bond acceptors (Lipinski definition) is 7. The van der Waals surface area contributed by atoms with Crippen molar-refractivity contribution >= 4 is 23.6 Å². The molecule has 0 unspecified atom stereocenters. The molecule has 1 aromatic carbocycles. The summed E-state index contributed by atoms with van der Waals surface area (Å²) in [6.07, 6.45) is 1.57. The van der Waals surface area contributed by atoms with E-state index in [1.165, 1.54) is 11.8 Å². The topological polar surface area (TPSA) is 85.5 Å². The monoisotopic (exact) mass is 375 g/mol. The number of ether oxygens (including phenoxy) is 1. The van der Waals surface area contributed by atoms with Crippen LogP contribution in [0.25, 0.3) is 11.5 Å². The van der Waals surface area contributed by atoms with Crippen molar-refractivity contribution in [1.82, 2.24) is 15.1 Å². The molecule has 2 heterocycles. The first-order chi connectivity index (χ1) is 12.7. The minimum atomic E-state index is -0.231. The van der Waals surface area contributed by atoms with E-state index in [0.29, 0.717) is 30.8 Å². The average Bonchev–Trinajstić information content (AvgIpc) is 3.16. The maximum absolute atomic E-state index is 12.4. The molecule has 1 aliphatic heterocycles. The van der Waals surface area contributed by atoms with Crippen molar-refractivity contribution in [2.75, 3.05) is 25.4 Å². The normalized spacial score (nSPS) is 17.1. The van der Waals surface area contributed by atoms with Gasteiger partial charge in [0.15, 0.2) is 0 Å². The average molecular weight is 375 g/mol. The minimum Gasteiger partial charge on any atom is -0.466 e. The molecule has 138 valence electrons. The summed E-state index contributed by atoms with van der Waals surface area (Å²) in [4.78, 5) is 26.0. The zero-order valence-corrected chi connectivity index (χ0v) is 15.4. The Morgan fingerprint density at radius 3 is 2.88 bits per heavy atom. The SMILES string of the molecule is CCOC(=O)[C@@H]1CCCN(C(=O)CSc2nnc(-c3ccccc3)o2)C1. The molecule has 1 amide bonds. The summed E-state index contributed by atoms with van der Waals surface area (Å²) in [6, 6.07) is 9.47. The second-order valence-electron chi connectivity index (χ2n) is 5.96. The van der Waals surface area contributed by atoms with Gasteiger partial charge in [0.2, 0.25) is 11.8 Å². The molecule has 0 N–H and O–H groups in total. The molecule has 2 aromatic rings. The third-order valence-electron chi connectivity index (χ3n) is 4.14. The lowest BCUT2D eigenvalue weighted by atomic mass is 9.98. The number of thioether (sulfide) groups is 1. The summed E-state index contributed by atoms with van der Waals surface area (Å²) < 4.78 is 10.7. The van der Waals surface area contributed by atoms with Crippen molar-refractivity contribution in [3.63, 3.8) is 0 Å². The van der Waals surface area contributed by atoms with Gasteiger partial charge in [-0.1, -0.05) is 30.0 Å². The van der Waals surface area contributed by atoms with Crippen molar-refractivity contribution in [2.24, 2.45) is 5.92 Å². The number of nitrogens with zero attached hydrogens (tertiary/aromatic N) is 3. The molecule has 1 saturated heterocycles. The largest absolute Gasteiger partial charge is 0.466 e. The van der Waals surface area contributed by atoms with Gasteiger partial charge < -0.3 is 14.1 Å². The van der Waals surface area contributed by atoms with Crippen LogP contribution in [0, 0.1) is 5.92 Å². The van der Waals surface area contributed by atoms with Gasteiger partial charge in [0.05, 0.1) is 18.3 Å². The third kappa shape index (κ3) is 4.63. The number of piperidine rings is 1. The standard InChI is InChI=1S/C18H21N3O4S/c1-2-24-17(23)14-9-6-10-21(11-14)15(22)12-26-18-20-19-16(25-18)13-7-4-3-5-8-13/h3-5,7-8,14H,2,6,9-12H2,1H3/t14-/m1/s1. The first-order valence-electron chi connectivity index (χ1n) is 8.63. The van der Waals surface area contributed by atoms with Crippen LogP contribution in [0.2, 0.25) is 0 Å². The van der Waals surface area contributed by atoms with Crippen LogP contribution in [0.4, 0.5) is 0 Å². The molecule has 1 atom stereocenters. The highest BCUT2D eigenvalue weighted by atomic mass is 32.2. The number of amides is 1. The zero-order valence-electron chi connectivity index (χ0n) is 14.6. The van der Waals surface area contributed by atoms with Crippen LogP contribution in [0.15, 0.2) is 40.0 Å². The Balaban J connectivity index is 1.52. The van der Waals surface area contributed by atoms with Crippen molar-refractivity contribution < 1.29 is 18.7 Å². The maximum Gasteiger partial charge on any atom is 0.310 e. The van der Waals surface area contributed by atoms with Gasteiger partial charge in [-0.3, -0.25) is 9.59 Å². The Morgan fingerprint density at radius 1 is 1.31 bits per heavy atom. The lowest BCUT2D eigenvalue weighted by Crippen LogP contribution is -2.43. The molecule has 8 heteroatoms. The van der Waals surface area contributed by atoms with Gasteiger partial charge in [0, 0.05) is 18.7 Å². The summed E-state index contributed by atoms with van der Waals surface area (Å²) in [6.45, 7) is 3.22. The lowest BCUT2D eigenvalue weighted by Gasteiger charge is -2.31. The first kappa shape index (κ1) is 18.4. The lowest BCUT2D eigenvalue weighted by molar-refractivity contribution is -0.151. The summed E-state index contributed by atoms with van der Waals surface area (Å²) in [5.74, 6) is 0.142. The fourth-order valence-corrected chi connectivity index (χ4v) is 3.50. The van der Waals surface area contributed by atoms with Crippen LogP contribution in [-0.2, 0) is 14.3 Å². The molecule has 1 aromatic heterocycles. The van der Waals surface area contributed by atoms with Crippen LogP contribution in [0.5, 0.6) is 0 Å². The molecular formula is C18H21N3O4S. The van der Waals surface area contributed by atoms with E-state index >= 15 is 0 Å². The van der Waals surface area contributed by atoms with E-state index in [1.54, 1.807) is 11.8 Å². The van der Waals surface area contributed by atoms with Crippen LogP contribution < -0.4 is 0 Å². The number of aromatic nitrogens is 2. The van der Waals surface area contributed by atoms with E-state index in [9.17, 15) is 9.59 Å². The molecule has 3 rings (SSSR count). The van der Waals surface area contributed by atoms with Crippen molar-refractivity contribution in [3.05, 3.63) is 30.3 Å². The van der Waals surface area contributed by atoms with E-state index in [-0.39, 0.29) is 23.5 Å². The minimum absolute atomic E-state index is 0.0385. The summed E-state index contributed by atoms with van der Waals surface area (Å²) in [5, 5.41) is 8.35. The first-order valence-corrected chi connectivity index (χ1v) is 9.62. The number of esters is 1. The van der Waals surface area contributed by atoms with Crippen LogP contribution in [0.3, 0.4) is 0 Å². The Morgan fingerprint density at radius 2 is 2.12 bits per heavy atom. The van der Waals surface area contributed by atoms with Crippen LogP contribution in [-0.4, -0.2) is 52.4 Å². The molecule has 26 heavy (non-hydrogen) atoms. The fraction of sp³-hybridized carbons (Fsp3) is 0.444. The Bertz CT molecular complexity index is 750. The maximum atomic E-state index is 12.4. The van der Waals surface area contributed by atoms with Gasteiger partial charge in [-0.15, -0.1) is 10.2 Å². The Hall–Kier alpha value is -2.35. The van der Waals surface area contributed by atoms with Gasteiger partial charge in [0.25, 0.3) is 5.22 Å². The summed E-state index contributed by atoms with van der Waals surface area (Å²) in [7, 11) is 0. The second-order valence-corrected chi connectivity index (χ2v) is 6.89. The fourth-order valence-electron chi connectivity index (χ4n) is 2.84. The smallest absolute Gasteiger partial charge is 0.310 e. The summed E-state index contributed by atoms with van der Waals surface area (Å²) >= 11 is 1.21. The highest BCUT2D eigenvalue weighted by Gasteiger charge is 2.29. The van der Waals surface area contributed by atoms with Crippen LogP contribution >= 0.6 is 11.8 Å². The van der Waals surface area contributed by atoms with E-state index in [2.05, 4.69) is 10.2 Å².